The van der Waals surface area contributed by atoms with Gasteiger partial charge in [-0.05, 0) is 57.9 Å². The molecule has 0 spiro atoms. The first-order chi connectivity index (χ1) is 20.9. The monoisotopic (exact) mass is 629 g/mol. The van der Waals surface area contributed by atoms with Crippen molar-refractivity contribution in [3.63, 3.8) is 0 Å². The van der Waals surface area contributed by atoms with Gasteiger partial charge in [-0.2, -0.15) is 0 Å². The zero-order valence-corrected chi connectivity index (χ0v) is 27.9. The Morgan fingerprint density at radius 2 is 1.93 bits per heavy atom. The summed E-state index contributed by atoms with van der Waals surface area (Å²) in [4.78, 5) is 28.2. The fraction of sp³-hybridized carbons (Fsp3) is 0.471. The van der Waals surface area contributed by atoms with Gasteiger partial charge in [0.1, 0.15) is 11.3 Å². The van der Waals surface area contributed by atoms with Crippen molar-refractivity contribution in [3.05, 3.63) is 75.4 Å². The minimum Gasteiger partial charge on any atom is -0.444 e. The lowest BCUT2D eigenvalue weighted by molar-refractivity contribution is 0.0501. The van der Waals surface area contributed by atoms with Gasteiger partial charge in [0.2, 0.25) is 0 Å². The van der Waals surface area contributed by atoms with E-state index in [9.17, 15) is 14.0 Å². The Morgan fingerprint density at radius 1 is 1.25 bits per heavy atom. The largest absolute Gasteiger partial charge is 0.444 e. The van der Waals surface area contributed by atoms with Crippen molar-refractivity contribution in [3.8, 4) is 12.3 Å². The molecule has 44 heavy (non-hydrogen) atoms. The number of nitrogens with one attached hydrogen (secondary N) is 2. The highest BCUT2D eigenvalue weighted by Crippen LogP contribution is 2.25. The molecule has 0 aliphatic heterocycles. The zero-order chi connectivity index (χ0) is 33.3. The summed E-state index contributed by atoms with van der Waals surface area (Å²) in [7, 11) is 0. The summed E-state index contributed by atoms with van der Waals surface area (Å²) in [6.45, 7) is 13.7. The number of anilines is 2. The Hall–Kier alpha value is -3.74. The third-order valence-corrected chi connectivity index (χ3v) is 6.51. The average Bonchev–Trinajstić information content (AvgIpc) is 2.94. The number of ether oxygens (including phenoxy) is 1. The molecule has 1 heterocycles. The Labute approximate surface area is 267 Å². The Bertz CT molecular complexity index is 1350. The van der Waals surface area contributed by atoms with Crippen LogP contribution in [0.3, 0.4) is 0 Å². The number of rotatable bonds is 14. The highest BCUT2D eigenvalue weighted by Gasteiger charge is 2.21. The van der Waals surface area contributed by atoms with Crippen molar-refractivity contribution in [1.29, 1.82) is 0 Å². The van der Waals surface area contributed by atoms with Crippen molar-refractivity contribution in [2.75, 3.05) is 23.8 Å². The summed E-state index contributed by atoms with van der Waals surface area (Å²) in [6.07, 6.45) is 11.7. The third kappa shape index (κ3) is 13.3. The maximum atomic E-state index is 13.9. The number of aromatic nitrogens is 1. The number of carbonyl (C=O) groups is 1. The highest BCUT2D eigenvalue weighted by atomic mass is 35.5. The number of allylic oxidation sites excluding steroid dienone is 4. The van der Waals surface area contributed by atoms with Crippen LogP contribution in [-0.4, -0.2) is 35.5 Å². The number of nitrogens with two attached hydrogens (primary N) is 1. The molecule has 0 aliphatic rings. The lowest BCUT2D eigenvalue weighted by atomic mass is 10.1. The number of pyridine rings is 1. The minimum absolute atomic E-state index is 0.172. The van der Waals surface area contributed by atoms with E-state index < -0.39 is 11.7 Å². The van der Waals surface area contributed by atoms with Gasteiger partial charge in [0, 0.05) is 48.9 Å². The summed E-state index contributed by atoms with van der Waals surface area (Å²) in [5, 5.41) is 6.83. The van der Waals surface area contributed by atoms with E-state index in [1.54, 1.807) is 29.3 Å². The van der Waals surface area contributed by atoms with Gasteiger partial charge in [0.25, 0.3) is 5.56 Å². The van der Waals surface area contributed by atoms with E-state index in [-0.39, 0.29) is 54.9 Å². The molecule has 8 nitrogen and oxygen atoms in total. The van der Waals surface area contributed by atoms with Gasteiger partial charge in [-0.25, -0.2) is 9.18 Å². The molecule has 1 aromatic carbocycles. The minimum atomic E-state index is -0.614. The van der Waals surface area contributed by atoms with Crippen molar-refractivity contribution in [2.24, 2.45) is 0 Å². The Balaban J connectivity index is 0.00000474. The quantitative estimate of drug-likeness (QED) is 0.148. The van der Waals surface area contributed by atoms with E-state index >= 15 is 0 Å². The van der Waals surface area contributed by atoms with E-state index in [0.717, 1.165) is 18.4 Å². The molecule has 4 N–H and O–H groups in total. The number of hydrogen-bond acceptors (Lipinski definition) is 6. The van der Waals surface area contributed by atoms with Gasteiger partial charge in [-0.15, -0.1) is 12.3 Å². The van der Waals surface area contributed by atoms with Crippen LogP contribution in [0.1, 0.15) is 79.7 Å². The van der Waals surface area contributed by atoms with E-state index in [4.69, 9.17) is 28.5 Å². The van der Waals surface area contributed by atoms with Crippen LogP contribution in [-0.2, 0) is 11.3 Å². The number of benzene rings is 1. The molecule has 1 aromatic heterocycles. The van der Waals surface area contributed by atoms with Crippen molar-refractivity contribution in [2.45, 2.75) is 92.3 Å². The maximum Gasteiger partial charge on any atom is 0.407 e. The molecule has 0 saturated carbocycles. The molecule has 0 radical (unpaired) electrons. The lowest BCUT2D eigenvalue weighted by Crippen LogP contribution is -2.47. The van der Waals surface area contributed by atoms with Crippen LogP contribution in [0, 0.1) is 12.3 Å². The van der Waals surface area contributed by atoms with Crippen molar-refractivity contribution >= 4 is 34.8 Å². The van der Waals surface area contributed by atoms with Gasteiger partial charge in [0.05, 0.1) is 18.2 Å². The summed E-state index contributed by atoms with van der Waals surface area (Å²) in [6, 6.07) is 8.79. The number of alkyl carbamates (subject to hydrolysis) is 1. The molecule has 1 atom stereocenters. The summed E-state index contributed by atoms with van der Waals surface area (Å²) in [5.41, 5.74) is 7.26. The van der Waals surface area contributed by atoms with Crippen LogP contribution in [0.5, 0.6) is 0 Å². The highest BCUT2D eigenvalue weighted by molar-refractivity contribution is 6.31. The second kappa shape index (κ2) is 19.5. The average molecular weight is 630 g/mol. The first kappa shape index (κ1) is 38.3. The fourth-order valence-corrected chi connectivity index (χ4v) is 4.45. The SMILES string of the molecule is C#CC/C=C(\C/C=C(\C)F)n1ccc(N)c(N(CNCC(CCC)NC(=O)OC(C)(C)C)Cc2ccccc2Cl)c1=O.CC. The Kier molecular flexibility index (Phi) is 17.0. The van der Waals surface area contributed by atoms with Gasteiger partial charge < -0.3 is 20.7 Å². The first-order valence-electron chi connectivity index (χ1n) is 15.0. The molecule has 0 fully saturated rings. The van der Waals surface area contributed by atoms with Gasteiger partial charge >= 0.3 is 6.09 Å². The normalized spacial score (nSPS) is 12.5. The van der Waals surface area contributed by atoms with Gasteiger partial charge in [-0.1, -0.05) is 63.1 Å². The van der Waals surface area contributed by atoms with Crippen molar-refractivity contribution < 1.29 is 13.9 Å². The molecular weight excluding hydrogens is 581 g/mol. The van der Waals surface area contributed by atoms with Gasteiger partial charge in [-0.3, -0.25) is 14.7 Å². The molecule has 0 bridgehead atoms. The molecule has 1 amide bonds. The van der Waals surface area contributed by atoms with Crippen LogP contribution in [0.2, 0.25) is 5.02 Å². The second-order valence-corrected chi connectivity index (χ2v) is 11.3. The molecule has 1 unspecified atom stereocenters. The van der Waals surface area contributed by atoms with Crippen LogP contribution < -0.4 is 26.8 Å². The summed E-state index contributed by atoms with van der Waals surface area (Å²) in [5.74, 6) is 2.17. The molecule has 0 aliphatic carbocycles. The van der Waals surface area contributed by atoms with E-state index in [1.807, 2.05) is 59.7 Å². The van der Waals surface area contributed by atoms with E-state index in [1.165, 1.54) is 17.6 Å². The van der Waals surface area contributed by atoms with Crippen LogP contribution in [0.15, 0.2) is 59.3 Å². The number of hydrogen-bond donors (Lipinski definition) is 3. The lowest BCUT2D eigenvalue weighted by Gasteiger charge is -2.29. The van der Waals surface area contributed by atoms with Crippen LogP contribution in [0.25, 0.3) is 5.70 Å². The predicted octanol–water partition coefficient (Wildman–Crippen LogP) is 7.48. The number of nitrogen functional groups attached to an aromatic ring is 1. The van der Waals surface area contributed by atoms with Crippen LogP contribution >= 0.6 is 11.6 Å². The summed E-state index contributed by atoms with van der Waals surface area (Å²) >= 11 is 6.49. The third-order valence-electron chi connectivity index (χ3n) is 6.14. The number of carbonyl (C=O) groups excluding carboxylic acids is 1. The second-order valence-electron chi connectivity index (χ2n) is 10.9. The standard InChI is InChI=1S/C32H43ClFN5O3.C2H6/c1-7-9-14-26(17-16-23(3)34)39-19-18-28(35)29(30(39)40)38(21-24-13-10-11-15-27(24)33)22-36-20-25(12-8-2)37-31(41)42-32(4,5)6;1-2/h1,10-11,13-16,18-19,25,36H,8-9,12,17,20-22,35H2,2-6H3,(H,37,41);1-2H3/b23-16+,26-14+;. The topological polar surface area (TPSA) is 102 Å². The molecule has 0 saturated heterocycles. The van der Waals surface area contributed by atoms with Crippen LogP contribution in [0.4, 0.5) is 20.6 Å². The molecule has 2 rings (SSSR count). The van der Waals surface area contributed by atoms with E-state index in [2.05, 4.69) is 16.6 Å². The molecule has 10 heteroatoms. The zero-order valence-electron chi connectivity index (χ0n) is 27.2. The van der Waals surface area contributed by atoms with Crippen molar-refractivity contribution in [1.82, 2.24) is 15.2 Å². The molecular formula is C34H49ClFN5O3. The molecule has 242 valence electrons. The number of halogens is 2. The van der Waals surface area contributed by atoms with E-state index in [0.29, 0.717) is 17.3 Å². The predicted molar refractivity (Wildman–Crippen MR) is 182 cm³/mol. The number of nitrogens with zero attached hydrogens (tertiary/aromatic N) is 2. The Morgan fingerprint density at radius 3 is 2.52 bits per heavy atom. The maximum absolute atomic E-state index is 13.9. The fourth-order valence-electron chi connectivity index (χ4n) is 4.25. The number of amides is 1. The molecule has 2 aromatic rings. The smallest absolute Gasteiger partial charge is 0.407 e. The first-order valence-corrected chi connectivity index (χ1v) is 15.4. The van der Waals surface area contributed by atoms with Gasteiger partial charge in [0.15, 0.2) is 0 Å². The number of terminal acetylenes is 1. The summed E-state index contributed by atoms with van der Waals surface area (Å²) < 4.78 is 20.5.